The van der Waals surface area contributed by atoms with Crippen LogP contribution >= 0.6 is 0 Å². The molecule has 1 aromatic carbocycles. The molecule has 6 heteroatoms. The first-order valence-electron chi connectivity index (χ1n) is 5.18. The van der Waals surface area contributed by atoms with E-state index in [1.807, 2.05) is 6.07 Å². The second-order valence-corrected chi connectivity index (χ2v) is 7.18. The van der Waals surface area contributed by atoms with Gasteiger partial charge in [0.15, 0.2) is 9.84 Å². The number of nitrogens with zero attached hydrogens (tertiary/aromatic N) is 1. The lowest BCUT2D eigenvalue weighted by molar-refractivity contribution is 0.553. The molecule has 0 spiro atoms. The van der Waals surface area contributed by atoms with Crippen molar-refractivity contribution in [2.75, 3.05) is 12.0 Å². The number of fused-ring (bicyclic) bond motifs is 1. The number of hydrogen-bond donors (Lipinski definition) is 2. The topological polar surface area (TPSA) is 88.8 Å². The van der Waals surface area contributed by atoms with E-state index >= 15 is 0 Å². The van der Waals surface area contributed by atoms with Crippen LogP contribution in [-0.4, -0.2) is 24.6 Å². The second-order valence-electron chi connectivity index (χ2n) is 4.61. The summed E-state index contributed by atoms with van der Waals surface area (Å²) in [6, 6.07) is 5.36. The van der Waals surface area contributed by atoms with Gasteiger partial charge in [-0.05, 0) is 26.0 Å². The monoisotopic (exact) mass is 253 g/mol. The predicted octanol–water partition coefficient (Wildman–Crippen LogP) is 1.42. The Hall–Kier alpha value is -1.56. The first-order valence-corrected chi connectivity index (χ1v) is 7.07. The van der Waals surface area contributed by atoms with Crippen LogP contribution in [0.2, 0.25) is 0 Å². The molecule has 3 N–H and O–H groups in total. The minimum Gasteiger partial charge on any atom is -0.397 e. The number of rotatable bonds is 2. The van der Waals surface area contributed by atoms with E-state index in [0.29, 0.717) is 17.0 Å². The van der Waals surface area contributed by atoms with Gasteiger partial charge in [-0.1, -0.05) is 6.07 Å². The molecule has 0 aliphatic heterocycles. The zero-order valence-electron chi connectivity index (χ0n) is 9.98. The molecule has 0 fully saturated rings. The van der Waals surface area contributed by atoms with Gasteiger partial charge in [-0.3, -0.25) is 0 Å². The van der Waals surface area contributed by atoms with Gasteiger partial charge in [0.1, 0.15) is 16.1 Å². The van der Waals surface area contributed by atoms with E-state index < -0.39 is 14.6 Å². The van der Waals surface area contributed by atoms with Crippen molar-refractivity contribution >= 4 is 26.6 Å². The summed E-state index contributed by atoms with van der Waals surface area (Å²) in [5, 5.41) is 0. The van der Waals surface area contributed by atoms with E-state index in [1.54, 1.807) is 26.0 Å². The van der Waals surface area contributed by atoms with Crippen LogP contribution in [0, 0.1) is 0 Å². The SMILES string of the molecule is CC(C)(c1nc2c(N)cccc2[nH]1)S(C)(=O)=O. The Kier molecular flexibility index (Phi) is 2.43. The van der Waals surface area contributed by atoms with Crippen molar-refractivity contribution < 1.29 is 8.42 Å². The van der Waals surface area contributed by atoms with Crippen LogP contribution in [0.25, 0.3) is 11.0 Å². The molecule has 0 amide bonds. The number of H-pyrrole nitrogens is 1. The Morgan fingerprint density at radius 3 is 2.53 bits per heavy atom. The molecular formula is C11H15N3O2S. The molecule has 0 atom stereocenters. The Balaban J connectivity index is 2.70. The largest absolute Gasteiger partial charge is 0.397 e. The van der Waals surface area contributed by atoms with Gasteiger partial charge in [0.2, 0.25) is 0 Å². The van der Waals surface area contributed by atoms with Gasteiger partial charge in [-0.15, -0.1) is 0 Å². The molecule has 0 radical (unpaired) electrons. The summed E-state index contributed by atoms with van der Waals surface area (Å²) >= 11 is 0. The zero-order valence-corrected chi connectivity index (χ0v) is 10.8. The maximum atomic E-state index is 11.7. The lowest BCUT2D eigenvalue weighted by Crippen LogP contribution is -2.29. The molecule has 0 saturated heterocycles. The maximum absolute atomic E-state index is 11.7. The van der Waals surface area contributed by atoms with Crippen LogP contribution < -0.4 is 5.73 Å². The Morgan fingerprint density at radius 1 is 1.35 bits per heavy atom. The first-order chi connectivity index (χ1) is 7.73. The van der Waals surface area contributed by atoms with Crippen molar-refractivity contribution in [3.8, 4) is 0 Å². The van der Waals surface area contributed by atoms with Crippen molar-refractivity contribution in [3.63, 3.8) is 0 Å². The van der Waals surface area contributed by atoms with Crippen LogP contribution in [0.1, 0.15) is 19.7 Å². The molecule has 0 bridgehead atoms. The van der Waals surface area contributed by atoms with Gasteiger partial charge in [0, 0.05) is 6.26 Å². The van der Waals surface area contributed by atoms with Gasteiger partial charge in [-0.25, -0.2) is 13.4 Å². The zero-order chi connectivity index (χ0) is 12.8. The van der Waals surface area contributed by atoms with Gasteiger partial charge in [0.25, 0.3) is 0 Å². The van der Waals surface area contributed by atoms with E-state index in [4.69, 9.17) is 5.73 Å². The summed E-state index contributed by atoms with van der Waals surface area (Å²) in [6.45, 7) is 3.24. The molecule has 0 unspecified atom stereocenters. The average Bonchev–Trinajstić information content (AvgIpc) is 2.61. The summed E-state index contributed by atoms with van der Waals surface area (Å²) in [5.74, 6) is 0.410. The second kappa shape index (κ2) is 3.46. The highest BCUT2D eigenvalue weighted by atomic mass is 32.2. The quantitative estimate of drug-likeness (QED) is 0.792. The molecule has 1 heterocycles. The van der Waals surface area contributed by atoms with E-state index in [0.717, 1.165) is 5.52 Å². The fourth-order valence-corrected chi connectivity index (χ4v) is 1.96. The van der Waals surface area contributed by atoms with Crippen molar-refractivity contribution in [1.29, 1.82) is 0 Å². The van der Waals surface area contributed by atoms with Crippen molar-refractivity contribution in [2.45, 2.75) is 18.6 Å². The number of nitrogens with one attached hydrogen (secondary N) is 1. The molecular weight excluding hydrogens is 238 g/mol. The van der Waals surface area contributed by atoms with Crippen LogP contribution in [0.15, 0.2) is 18.2 Å². The number of para-hydroxylation sites is 1. The standard InChI is InChI=1S/C11H15N3O2S/c1-11(2,17(3,15)16)10-13-8-6-4-5-7(12)9(8)14-10/h4-6H,12H2,1-3H3,(H,13,14). The van der Waals surface area contributed by atoms with Crippen LogP contribution in [0.5, 0.6) is 0 Å². The number of nitrogens with two attached hydrogens (primary N) is 1. The fourth-order valence-electron chi connectivity index (χ4n) is 1.52. The van der Waals surface area contributed by atoms with E-state index in [9.17, 15) is 8.42 Å². The van der Waals surface area contributed by atoms with Crippen LogP contribution in [0.4, 0.5) is 5.69 Å². The molecule has 1 aromatic heterocycles. The lowest BCUT2D eigenvalue weighted by atomic mass is 10.2. The number of nitrogen functional groups attached to an aromatic ring is 1. The van der Waals surface area contributed by atoms with Crippen LogP contribution in [0.3, 0.4) is 0 Å². The number of sulfone groups is 1. The third-order valence-corrected chi connectivity index (χ3v) is 5.09. The molecule has 17 heavy (non-hydrogen) atoms. The number of aromatic nitrogens is 2. The van der Waals surface area contributed by atoms with Gasteiger partial charge < -0.3 is 10.7 Å². The molecule has 2 aromatic rings. The van der Waals surface area contributed by atoms with E-state index in [2.05, 4.69) is 9.97 Å². The number of imidazole rings is 1. The summed E-state index contributed by atoms with van der Waals surface area (Å²) in [6.07, 6.45) is 1.20. The van der Waals surface area contributed by atoms with Gasteiger partial charge in [-0.2, -0.15) is 0 Å². The molecule has 0 aliphatic rings. The Morgan fingerprint density at radius 2 is 2.00 bits per heavy atom. The lowest BCUT2D eigenvalue weighted by Gasteiger charge is -2.19. The number of aromatic amines is 1. The highest BCUT2D eigenvalue weighted by Crippen LogP contribution is 2.29. The average molecular weight is 253 g/mol. The normalized spacial score (nSPS) is 13.1. The molecule has 2 rings (SSSR count). The van der Waals surface area contributed by atoms with Crippen molar-refractivity contribution in [2.24, 2.45) is 0 Å². The highest BCUT2D eigenvalue weighted by Gasteiger charge is 2.35. The van der Waals surface area contributed by atoms with Gasteiger partial charge >= 0.3 is 0 Å². The van der Waals surface area contributed by atoms with Crippen molar-refractivity contribution in [1.82, 2.24) is 9.97 Å². The molecule has 0 saturated carbocycles. The number of benzene rings is 1. The Labute approximate surface area is 100.0 Å². The van der Waals surface area contributed by atoms with E-state index in [-0.39, 0.29) is 0 Å². The summed E-state index contributed by atoms with van der Waals surface area (Å²) in [5.41, 5.74) is 7.68. The number of anilines is 1. The summed E-state index contributed by atoms with van der Waals surface area (Å²) < 4.78 is 22.4. The Bertz CT molecular complexity index is 671. The molecule has 0 aliphatic carbocycles. The van der Waals surface area contributed by atoms with Gasteiger partial charge in [0.05, 0.1) is 11.2 Å². The minimum absolute atomic E-state index is 0.410. The first kappa shape index (κ1) is 11.9. The maximum Gasteiger partial charge on any atom is 0.159 e. The van der Waals surface area contributed by atoms with Crippen LogP contribution in [-0.2, 0) is 14.6 Å². The summed E-state index contributed by atoms with van der Waals surface area (Å²) in [7, 11) is -3.25. The highest BCUT2D eigenvalue weighted by molar-refractivity contribution is 7.91. The fraction of sp³-hybridized carbons (Fsp3) is 0.364. The van der Waals surface area contributed by atoms with E-state index in [1.165, 1.54) is 6.26 Å². The smallest absolute Gasteiger partial charge is 0.159 e. The molecule has 5 nitrogen and oxygen atoms in total. The predicted molar refractivity (Wildman–Crippen MR) is 68.4 cm³/mol. The third-order valence-electron chi connectivity index (χ3n) is 3.04. The molecule has 92 valence electrons. The minimum atomic E-state index is -3.25. The number of hydrogen-bond acceptors (Lipinski definition) is 4. The third kappa shape index (κ3) is 1.78. The summed E-state index contributed by atoms with van der Waals surface area (Å²) in [4.78, 5) is 7.30. The van der Waals surface area contributed by atoms with Crippen molar-refractivity contribution in [3.05, 3.63) is 24.0 Å².